The van der Waals surface area contributed by atoms with E-state index in [0.717, 1.165) is 18.1 Å². The van der Waals surface area contributed by atoms with Gasteiger partial charge in [-0.2, -0.15) is 11.8 Å². The molecule has 0 aromatic rings. The van der Waals surface area contributed by atoms with Gasteiger partial charge in [0.15, 0.2) is 0 Å². The van der Waals surface area contributed by atoms with Gasteiger partial charge in [-0.15, -0.1) is 0 Å². The SMILES string of the molecule is C[C@@H]1CCC[C@H](C)N1CCC1CSCCN1. The lowest BCUT2D eigenvalue weighted by Crippen LogP contribution is -2.47. The van der Waals surface area contributed by atoms with Crippen LogP contribution in [-0.4, -0.2) is 47.6 Å². The Labute approximate surface area is 105 Å². The molecule has 2 aliphatic heterocycles. The third kappa shape index (κ3) is 3.38. The Balaban J connectivity index is 1.74. The fraction of sp³-hybridized carbons (Fsp3) is 1.00. The number of nitrogens with zero attached hydrogens (tertiary/aromatic N) is 1. The Morgan fingerprint density at radius 2 is 2.00 bits per heavy atom. The van der Waals surface area contributed by atoms with Crippen LogP contribution in [0.3, 0.4) is 0 Å². The molecular formula is C13H26N2S. The molecule has 1 N–H and O–H groups in total. The second kappa shape index (κ2) is 6.27. The third-order valence-electron chi connectivity index (χ3n) is 4.11. The van der Waals surface area contributed by atoms with Gasteiger partial charge < -0.3 is 5.32 Å². The van der Waals surface area contributed by atoms with Crippen LogP contribution in [0.1, 0.15) is 39.5 Å². The summed E-state index contributed by atoms with van der Waals surface area (Å²) in [5.41, 5.74) is 0. The average molecular weight is 242 g/mol. The van der Waals surface area contributed by atoms with Crippen molar-refractivity contribution in [3.63, 3.8) is 0 Å². The Morgan fingerprint density at radius 1 is 1.25 bits per heavy atom. The van der Waals surface area contributed by atoms with Crippen molar-refractivity contribution in [2.75, 3.05) is 24.6 Å². The van der Waals surface area contributed by atoms with Crippen LogP contribution in [0.4, 0.5) is 0 Å². The summed E-state index contributed by atoms with van der Waals surface area (Å²) in [6, 6.07) is 2.38. The largest absolute Gasteiger partial charge is 0.312 e. The van der Waals surface area contributed by atoms with Crippen LogP contribution in [0.25, 0.3) is 0 Å². The molecule has 1 unspecified atom stereocenters. The first kappa shape index (κ1) is 12.7. The molecule has 3 atom stereocenters. The monoisotopic (exact) mass is 242 g/mol. The normalized spacial score (nSPS) is 37.5. The van der Waals surface area contributed by atoms with Gasteiger partial charge in [0, 0.05) is 42.7 Å². The molecule has 0 aromatic heterocycles. The zero-order valence-corrected chi connectivity index (χ0v) is 11.6. The Hall–Kier alpha value is 0.270. The number of hydrogen-bond acceptors (Lipinski definition) is 3. The van der Waals surface area contributed by atoms with Gasteiger partial charge in [0.25, 0.3) is 0 Å². The minimum absolute atomic E-state index is 0.764. The quantitative estimate of drug-likeness (QED) is 0.818. The topological polar surface area (TPSA) is 15.3 Å². The van der Waals surface area contributed by atoms with Crippen LogP contribution in [0, 0.1) is 0 Å². The van der Waals surface area contributed by atoms with E-state index in [1.54, 1.807) is 0 Å². The minimum atomic E-state index is 0.764. The summed E-state index contributed by atoms with van der Waals surface area (Å²) in [5.74, 6) is 2.61. The van der Waals surface area contributed by atoms with Gasteiger partial charge in [-0.25, -0.2) is 0 Å². The second-order valence-electron chi connectivity index (χ2n) is 5.38. The van der Waals surface area contributed by atoms with Gasteiger partial charge in [0.1, 0.15) is 0 Å². The molecule has 2 heterocycles. The molecule has 0 aromatic carbocycles. The molecule has 0 amide bonds. The van der Waals surface area contributed by atoms with Crippen LogP contribution in [0.5, 0.6) is 0 Å². The Morgan fingerprint density at radius 3 is 2.62 bits per heavy atom. The average Bonchev–Trinajstić information content (AvgIpc) is 2.30. The summed E-state index contributed by atoms with van der Waals surface area (Å²) in [4.78, 5) is 2.73. The lowest BCUT2D eigenvalue weighted by molar-refractivity contribution is 0.0990. The van der Waals surface area contributed by atoms with Gasteiger partial charge in [-0.1, -0.05) is 6.42 Å². The van der Waals surface area contributed by atoms with Crippen LogP contribution in [-0.2, 0) is 0 Å². The Bertz CT molecular complexity index is 194. The predicted molar refractivity (Wildman–Crippen MR) is 73.2 cm³/mol. The molecule has 0 saturated carbocycles. The van der Waals surface area contributed by atoms with E-state index < -0.39 is 0 Å². The summed E-state index contributed by atoms with van der Waals surface area (Å²) in [6.07, 6.45) is 5.56. The predicted octanol–water partition coefficient (Wildman–Crippen LogP) is 2.34. The third-order valence-corrected chi connectivity index (χ3v) is 5.24. The molecule has 2 aliphatic rings. The van der Waals surface area contributed by atoms with Gasteiger partial charge in [0.2, 0.25) is 0 Å². The molecule has 2 fully saturated rings. The molecule has 2 saturated heterocycles. The highest BCUT2D eigenvalue weighted by molar-refractivity contribution is 7.99. The molecule has 0 aliphatic carbocycles. The van der Waals surface area contributed by atoms with Gasteiger partial charge in [0.05, 0.1) is 0 Å². The van der Waals surface area contributed by atoms with Crippen LogP contribution < -0.4 is 5.32 Å². The van der Waals surface area contributed by atoms with Crippen LogP contribution in [0.2, 0.25) is 0 Å². The summed E-state index contributed by atoms with van der Waals surface area (Å²) in [7, 11) is 0. The summed E-state index contributed by atoms with van der Waals surface area (Å²) < 4.78 is 0. The minimum Gasteiger partial charge on any atom is -0.312 e. The van der Waals surface area contributed by atoms with Crippen molar-refractivity contribution in [2.24, 2.45) is 0 Å². The lowest BCUT2D eigenvalue weighted by Gasteiger charge is -2.40. The highest BCUT2D eigenvalue weighted by Gasteiger charge is 2.25. The molecule has 0 spiro atoms. The first-order valence-corrected chi connectivity index (χ1v) is 7.99. The van der Waals surface area contributed by atoms with Gasteiger partial charge in [-0.05, 0) is 33.1 Å². The number of likely N-dealkylation sites (tertiary alicyclic amines) is 1. The summed E-state index contributed by atoms with van der Waals surface area (Å²) >= 11 is 2.11. The maximum absolute atomic E-state index is 3.64. The van der Waals surface area contributed by atoms with Crippen LogP contribution >= 0.6 is 11.8 Å². The fourth-order valence-corrected chi connectivity index (χ4v) is 4.02. The lowest BCUT2D eigenvalue weighted by atomic mass is 9.97. The highest BCUT2D eigenvalue weighted by atomic mass is 32.2. The summed E-state index contributed by atoms with van der Waals surface area (Å²) in [5, 5.41) is 3.64. The van der Waals surface area contributed by atoms with E-state index >= 15 is 0 Å². The number of thioether (sulfide) groups is 1. The first-order valence-electron chi connectivity index (χ1n) is 6.84. The standard InChI is InChI=1S/C13H26N2S/c1-11-4-3-5-12(2)15(11)8-6-13-10-16-9-7-14-13/h11-14H,3-10H2,1-2H3/t11-,12+,13?. The maximum atomic E-state index is 3.64. The molecule has 2 rings (SSSR count). The zero-order valence-electron chi connectivity index (χ0n) is 10.7. The Kier molecular flexibility index (Phi) is 4.98. The fourth-order valence-electron chi connectivity index (χ4n) is 3.03. The number of hydrogen-bond donors (Lipinski definition) is 1. The zero-order chi connectivity index (χ0) is 11.4. The van der Waals surface area contributed by atoms with E-state index in [1.165, 1.54) is 50.3 Å². The second-order valence-corrected chi connectivity index (χ2v) is 6.53. The van der Waals surface area contributed by atoms with Crippen molar-refractivity contribution in [3.8, 4) is 0 Å². The van der Waals surface area contributed by atoms with Crippen molar-refractivity contribution < 1.29 is 0 Å². The number of nitrogens with one attached hydrogen (secondary N) is 1. The molecule has 0 bridgehead atoms. The van der Waals surface area contributed by atoms with Crippen molar-refractivity contribution in [1.82, 2.24) is 10.2 Å². The molecule has 2 nitrogen and oxygen atoms in total. The highest BCUT2D eigenvalue weighted by Crippen LogP contribution is 2.23. The van der Waals surface area contributed by atoms with Gasteiger partial charge in [-0.3, -0.25) is 4.90 Å². The van der Waals surface area contributed by atoms with E-state index in [1.807, 2.05) is 0 Å². The summed E-state index contributed by atoms with van der Waals surface area (Å²) in [6.45, 7) is 7.30. The van der Waals surface area contributed by atoms with Crippen molar-refractivity contribution in [1.29, 1.82) is 0 Å². The molecule has 16 heavy (non-hydrogen) atoms. The van der Waals surface area contributed by atoms with E-state index in [9.17, 15) is 0 Å². The maximum Gasteiger partial charge on any atom is 0.0170 e. The molecule has 0 radical (unpaired) electrons. The van der Waals surface area contributed by atoms with E-state index in [2.05, 4.69) is 35.8 Å². The molecular weight excluding hydrogens is 216 g/mol. The number of rotatable bonds is 3. The number of piperidine rings is 1. The van der Waals surface area contributed by atoms with Crippen molar-refractivity contribution >= 4 is 11.8 Å². The van der Waals surface area contributed by atoms with E-state index in [0.29, 0.717) is 0 Å². The van der Waals surface area contributed by atoms with Crippen LogP contribution in [0.15, 0.2) is 0 Å². The smallest absolute Gasteiger partial charge is 0.0170 e. The van der Waals surface area contributed by atoms with Crippen molar-refractivity contribution in [3.05, 3.63) is 0 Å². The first-order chi connectivity index (χ1) is 7.77. The molecule has 3 heteroatoms. The van der Waals surface area contributed by atoms with E-state index in [-0.39, 0.29) is 0 Å². The van der Waals surface area contributed by atoms with E-state index in [4.69, 9.17) is 0 Å². The van der Waals surface area contributed by atoms with Gasteiger partial charge >= 0.3 is 0 Å². The van der Waals surface area contributed by atoms with Crippen molar-refractivity contribution in [2.45, 2.75) is 57.7 Å². The molecule has 94 valence electrons.